The molecule has 4 heteroatoms. The Morgan fingerprint density at radius 2 is 1.26 bits per heavy atom. The number of aromatic nitrogens is 2. The minimum Gasteiger partial charge on any atom is -0.500 e. The fourth-order valence-electron chi connectivity index (χ4n) is 7.20. The van der Waals surface area contributed by atoms with Crippen LogP contribution in [0.4, 0.5) is 0 Å². The molecule has 0 bridgehead atoms. The largest absolute Gasteiger partial charge is 0.500 e. The number of aryl methyl sites for hydroxylation is 2. The van der Waals surface area contributed by atoms with Gasteiger partial charge in [0.15, 0.2) is 0 Å². The van der Waals surface area contributed by atoms with Gasteiger partial charge in [-0.1, -0.05) is 114 Å². The Morgan fingerprint density at radius 3 is 2.09 bits per heavy atom. The van der Waals surface area contributed by atoms with E-state index in [1.54, 1.807) is 6.20 Å². The topological polar surface area (TPSA) is 38.9 Å². The second-order valence-corrected chi connectivity index (χ2v) is 13.3. The molecule has 3 aromatic heterocycles. The van der Waals surface area contributed by atoms with Crippen molar-refractivity contribution >= 4 is 43.5 Å². The average Bonchev–Trinajstić information content (AvgIpc) is 3.62. The molecule has 0 amide bonds. The molecular formula is C50H34IrN2O-2. The maximum atomic E-state index is 6.58. The van der Waals surface area contributed by atoms with Gasteiger partial charge in [-0.25, -0.2) is 0 Å². The molecule has 0 aliphatic heterocycles. The Morgan fingerprint density at radius 1 is 0.481 bits per heavy atom. The van der Waals surface area contributed by atoms with Crippen molar-refractivity contribution in [3.8, 4) is 44.8 Å². The van der Waals surface area contributed by atoms with Gasteiger partial charge in [-0.05, 0) is 93.0 Å². The van der Waals surface area contributed by atoms with Crippen LogP contribution in [0.1, 0.15) is 11.1 Å². The van der Waals surface area contributed by atoms with E-state index in [0.29, 0.717) is 0 Å². The normalized spacial score (nSPS) is 11.0. The molecule has 0 spiro atoms. The predicted octanol–water partition coefficient (Wildman–Crippen LogP) is 13.3. The van der Waals surface area contributed by atoms with E-state index in [0.717, 1.165) is 55.4 Å². The molecule has 7 aromatic carbocycles. The molecule has 0 N–H and O–H groups in total. The van der Waals surface area contributed by atoms with Gasteiger partial charge in [-0.2, -0.15) is 0 Å². The van der Waals surface area contributed by atoms with Crippen molar-refractivity contribution in [2.75, 3.05) is 0 Å². The zero-order valence-corrected chi connectivity index (χ0v) is 32.2. The van der Waals surface area contributed by atoms with E-state index < -0.39 is 0 Å². The zero-order valence-electron chi connectivity index (χ0n) is 29.8. The van der Waals surface area contributed by atoms with Gasteiger partial charge >= 0.3 is 0 Å². The molecular weight excluding hydrogens is 837 g/mol. The van der Waals surface area contributed by atoms with Gasteiger partial charge in [-0.3, -0.25) is 0 Å². The van der Waals surface area contributed by atoms with E-state index in [1.807, 2.05) is 54.7 Å². The van der Waals surface area contributed by atoms with Crippen molar-refractivity contribution in [2.24, 2.45) is 0 Å². The number of rotatable bonds is 4. The van der Waals surface area contributed by atoms with Crippen LogP contribution < -0.4 is 0 Å². The summed E-state index contributed by atoms with van der Waals surface area (Å²) in [5, 5.41) is 6.95. The van der Waals surface area contributed by atoms with Gasteiger partial charge in [0, 0.05) is 43.3 Å². The molecule has 0 unspecified atom stereocenters. The summed E-state index contributed by atoms with van der Waals surface area (Å²) in [6, 6.07) is 61.1. The summed E-state index contributed by atoms with van der Waals surface area (Å²) in [5.74, 6) is 0. The van der Waals surface area contributed by atoms with Crippen LogP contribution in [0.15, 0.2) is 175 Å². The third-order valence-corrected chi connectivity index (χ3v) is 9.91. The van der Waals surface area contributed by atoms with E-state index in [-0.39, 0.29) is 20.1 Å². The number of benzene rings is 7. The smallest absolute Gasteiger partial charge is 0.128 e. The maximum Gasteiger partial charge on any atom is 0.128 e. The van der Waals surface area contributed by atoms with Crippen LogP contribution >= 0.6 is 0 Å². The first kappa shape index (κ1) is 34.9. The zero-order chi connectivity index (χ0) is 35.7. The molecule has 10 aromatic rings. The predicted molar refractivity (Wildman–Crippen MR) is 220 cm³/mol. The van der Waals surface area contributed by atoms with Gasteiger partial charge in [-0.15, -0.1) is 54.1 Å². The van der Waals surface area contributed by atoms with E-state index >= 15 is 0 Å². The monoisotopic (exact) mass is 871 g/mol. The molecule has 0 atom stereocenters. The molecule has 0 fully saturated rings. The first-order valence-corrected chi connectivity index (χ1v) is 17.8. The van der Waals surface area contributed by atoms with Gasteiger partial charge < -0.3 is 14.4 Å². The summed E-state index contributed by atoms with van der Waals surface area (Å²) < 4.78 is 6.58. The third kappa shape index (κ3) is 6.63. The maximum absolute atomic E-state index is 6.58. The van der Waals surface area contributed by atoms with Crippen molar-refractivity contribution in [1.29, 1.82) is 0 Å². The van der Waals surface area contributed by atoms with Crippen LogP contribution in [0.5, 0.6) is 0 Å². The van der Waals surface area contributed by atoms with Crippen LogP contribution in [0, 0.1) is 26.0 Å². The number of furan rings is 1. The summed E-state index contributed by atoms with van der Waals surface area (Å²) in [7, 11) is 0. The molecule has 0 aliphatic rings. The fourth-order valence-corrected chi connectivity index (χ4v) is 7.20. The van der Waals surface area contributed by atoms with Crippen molar-refractivity contribution < 1.29 is 24.5 Å². The quantitative estimate of drug-likeness (QED) is 0.165. The van der Waals surface area contributed by atoms with E-state index in [2.05, 4.69) is 140 Å². The minimum absolute atomic E-state index is 0. The molecule has 261 valence electrons. The number of pyridine rings is 2. The van der Waals surface area contributed by atoms with Crippen LogP contribution in [0.2, 0.25) is 0 Å². The number of fused-ring (bicyclic) bond motifs is 6. The number of hydrogen-bond acceptors (Lipinski definition) is 3. The molecule has 54 heavy (non-hydrogen) atoms. The van der Waals surface area contributed by atoms with E-state index in [1.165, 1.54) is 44.0 Å². The molecule has 3 nitrogen and oxygen atoms in total. The second-order valence-electron chi connectivity index (χ2n) is 13.3. The summed E-state index contributed by atoms with van der Waals surface area (Å²) in [4.78, 5) is 9.08. The molecule has 0 saturated carbocycles. The summed E-state index contributed by atoms with van der Waals surface area (Å²) in [6.07, 6.45) is 3.76. The fraction of sp³-hybridized carbons (Fsp3) is 0.0400. The second kappa shape index (κ2) is 15.0. The molecule has 10 rings (SSSR count). The Balaban J connectivity index is 0.000000271. The Labute approximate surface area is 328 Å². The van der Waals surface area contributed by atoms with E-state index in [4.69, 9.17) is 9.40 Å². The Kier molecular flexibility index (Phi) is 9.71. The minimum atomic E-state index is 0. The van der Waals surface area contributed by atoms with Gasteiger partial charge in [0.1, 0.15) is 5.58 Å². The van der Waals surface area contributed by atoms with E-state index in [9.17, 15) is 0 Å². The average molecular weight is 871 g/mol. The SMILES string of the molecule is Cc1cnc(-c2[c-]ccc3c2oc2c4ccccc4ccc32)cc1-c1cc2ccc(-c3ccccc3)cc2cc1C.[Ir].[c-]1ccccc1-c1ccccn1. The van der Waals surface area contributed by atoms with Gasteiger partial charge in [0.25, 0.3) is 0 Å². The van der Waals surface area contributed by atoms with Gasteiger partial charge in [0.2, 0.25) is 0 Å². The molecule has 0 saturated heterocycles. The Hall–Kier alpha value is -6.19. The molecule has 0 aliphatic carbocycles. The van der Waals surface area contributed by atoms with Crippen LogP contribution in [-0.4, -0.2) is 9.97 Å². The number of nitrogens with zero attached hydrogens (tertiary/aromatic N) is 2. The first-order valence-electron chi connectivity index (χ1n) is 17.8. The summed E-state index contributed by atoms with van der Waals surface area (Å²) >= 11 is 0. The summed E-state index contributed by atoms with van der Waals surface area (Å²) in [5.41, 5.74) is 12.7. The van der Waals surface area contributed by atoms with Crippen LogP contribution in [0.25, 0.3) is 88.3 Å². The third-order valence-electron chi connectivity index (χ3n) is 9.91. The number of hydrogen-bond donors (Lipinski definition) is 0. The van der Waals surface area contributed by atoms with Gasteiger partial charge in [0.05, 0.1) is 5.58 Å². The van der Waals surface area contributed by atoms with Crippen molar-refractivity contribution in [3.05, 3.63) is 193 Å². The standard InChI is InChI=1S/C39H26NO.C11H8N.Ir/c1-24-19-30-20-28(26-9-4-3-5-10-26)15-16-29(30)21-35(24)36-22-37(40-23-25(36)2)34-14-8-13-32-33-18-17-27-11-6-7-12-31(27)38(33)41-39(32)34;1-2-6-10(7-3-1)11-8-4-5-9-12-11;/h3-13,15-23H,1-2H3;1-6,8-9H;/q2*-1;. The summed E-state index contributed by atoms with van der Waals surface area (Å²) in [6.45, 7) is 4.33. The molecule has 1 radical (unpaired) electrons. The molecule has 3 heterocycles. The van der Waals surface area contributed by atoms with Crippen molar-refractivity contribution in [1.82, 2.24) is 9.97 Å². The van der Waals surface area contributed by atoms with Crippen molar-refractivity contribution in [2.45, 2.75) is 13.8 Å². The van der Waals surface area contributed by atoms with Crippen LogP contribution in [0.3, 0.4) is 0 Å². The van der Waals surface area contributed by atoms with Crippen molar-refractivity contribution in [3.63, 3.8) is 0 Å². The Bertz CT molecular complexity index is 2860. The first-order chi connectivity index (χ1) is 26.1. The van der Waals surface area contributed by atoms with Crippen LogP contribution in [-0.2, 0) is 20.1 Å².